The summed E-state index contributed by atoms with van der Waals surface area (Å²) in [5, 5.41) is 10.4. The predicted molar refractivity (Wildman–Crippen MR) is 69.9 cm³/mol. The number of pyridine rings is 1. The molecule has 0 unspecified atom stereocenters. The third-order valence-electron chi connectivity index (χ3n) is 4.38. The highest BCUT2D eigenvalue weighted by molar-refractivity contribution is 5.35. The fraction of sp³-hybridized carbons (Fsp3) is 0.667. The van der Waals surface area contributed by atoms with Crippen molar-refractivity contribution in [3.05, 3.63) is 23.4 Å². The summed E-state index contributed by atoms with van der Waals surface area (Å²) in [6.07, 6.45) is 6.43. The number of nitrogens with zero attached hydrogens (tertiary/aromatic N) is 1. The Balaban J connectivity index is 1.94. The lowest BCUT2D eigenvalue weighted by molar-refractivity contribution is -0.0650. The molecule has 3 heteroatoms. The van der Waals surface area contributed by atoms with Crippen molar-refractivity contribution >= 4 is 0 Å². The maximum absolute atomic E-state index is 10.4. The van der Waals surface area contributed by atoms with Gasteiger partial charge >= 0.3 is 0 Å². The molecule has 0 aromatic carbocycles. The van der Waals surface area contributed by atoms with Crippen LogP contribution in [-0.2, 0) is 6.42 Å². The van der Waals surface area contributed by atoms with Gasteiger partial charge in [-0.05, 0) is 43.2 Å². The average Bonchev–Trinajstić information content (AvgIpc) is 2.79. The minimum absolute atomic E-state index is 0.348. The van der Waals surface area contributed by atoms with Gasteiger partial charge < -0.3 is 9.84 Å². The molecule has 1 N–H and O–H groups in total. The van der Waals surface area contributed by atoms with E-state index in [0.717, 1.165) is 37.1 Å². The van der Waals surface area contributed by atoms with Crippen LogP contribution >= 0.6 is 0 Å². The lowest BCUT2D eigenvalue weighted by atomic mass is 9.87. The van der Waals surface area contributed by atoms with Crippen LogP contribution in [0.4, 0.5) is 0 Å². The van der Waals surface area contributed by atoms with E-state index in [0.29, 0.717) is 12.3 Å². The molecular weight excluding hydrogens is 226 g/mol. The average molecular weight is 247 g/mol. The Hall–Kier alpha value is -1.09. The van der Waals surface area contributed by atoms with Crippen LogP contribution in [0.15, 0.2) is 12.3 Å². The number of aliphatic hydroxyl groups excluding tert-OH is 1. The third-order valence-corrected chi connectivity index (χ3v) is 4.38. The van der Waals surface area contributed by atoms with E-state index >= 15 is 0 Å². The third kappa shape index (κ3) is 1.81. The Labute approximate surface area is 108 Å². The quantitative estimate of drug-likeness (QED) is 0.829. The zero-order valence-electron chi connectivity index (χ0n) is 11.1. The smallest absolute Gasteiger partial charge is 0.217 e. The number of aliphatic hydroxyl groups is 1. The van der Waals surface area contributed by atoms with E-state index in [1.165, 1.54) is 5.56 Å². The maximum atomic E-state index is 10.4. The molecule has 1 aromatic heterocycles. The summed E-state index contributed by atoms with van der Waals surface area (Å²) in [5.74, 6) is 1.20. The van der Waals surface area contributed by atoms with Crippen LogP contribution in [0.3, 0.4) is 0 Å². The normalized spacial score (nSPS) is 25.2. The molecule has 2 heterocycles. The van der Waals surface area contributed by atoms with Gasteiger partial charge in [0.15, 0.2) is 0 Å². The van der Waals surface area contributed by atoms with Gasteiger partial charge in [0.2, 0.25) is 5.88 Å². The first-order valence-corrected chi connectivity index (χ1v) is 6.97. The molecule has 1 spiro atoms. The molecular formula is C15H21NO2. The first kappa shape index (κ1) is 12.0. The van der Waals surface area contributed by atoms with E-state index in [-0.39, 0.29) is 11.7 Å². The van der Waals surface area contributed by atoms with E-state index in [4.69, 9.17) is 4.74 Å². The summed E-state index contributed by atoms with van der Waals surface area (Å²) >= 11 is 0. The number of rotatable bonds is 1. The molecule has 1 atom stereocenters. The van der Waals surface area contributed by atoms with Gasteiger partial charge in [0.05, 0.1) is 6.10 Å². The standard InChI is InChI=1S/C15H21NO2/c1-10(2)12-7-11-8-13(17)15(5-3-4-6-15)18-14(11)16-9-12/h7,9-10,13,17H,3-6,8H2,1-2H3/t13-/m0/s1. The van der Waals surface area contributed by atoms with Crippen molar-refractivity contribution in [2.24, 2.45) is 0 Å². The lowest BCUT2D eigenvalue weighted by Gasteiger charge is -2.39. The van der Waals surface area contributed by atoms with Gasteiger partial charge in [-0.25, -0.2) is 4.98 Å². The van der Waals surface area contributed by atoms with Gasteiger partial charge in [-0.2, -0.15) is 0 Å². The molecule has 0 radical (unpaired) electrons. The van der Waals surface area contributed by atoms with E-state index in [1.807, 2.05) is 6.20 Å². The number of aromatic nitrogens is 1. The summed E-state index contributed by atoms with van der Waals surface area (Å²) in [6.45, 7) is 4.31. The second kappa shape index (κ2) is 4.23. The molecule has 18 heavy (non-hydrogen) atoms. The fourth-order valence-electron chi connectivity index (χ4n) is 3.13. The topological polar surface area (TPSA) is 42.4 Å². The van der Waals surface area contributed by atoms with Crippen LogP contribution in [0.5, 0.6) is 5.88 Å². The van der Waals surface area contributed by atoms with Crippen molar-refractivity contribution in [2.75, 3.05) is 0 Å². The second-order valence-corrected chi connectivity index (χ2v) is 5.98. The molecule has 0 bridgehead atoms. The molecule has 1 aromatic rings. The van der Waals surface area contributed by atoms with E-state index < -0.39 is 0 Å². The van der Waals surface area contributed by atoms with E-state index in [9.17, 15) is 5.11 Å². The zero-order valence-corrected chi connectivity index (χ0v) is 11.1. The number of ether oxygens (including phenoxy) is 1. The second-order valence-electron chi connectivity index (χ2n) is 5.98. The van der Waals surface area contributed by atoms with Crippen LogP contribution in [0.25, 0.3) is 0 Å². The van der Waals surface area contributed by atoms with Crippen molar-refractivity contribution in [3.63, 3.8) is 0 Å². The summed E-state index contributed by atoms with van der Waals surface area (Å²) in [6, 6.07) is 2.14. The molecule has 1 saturated carbocycles. The Morgan fingerprint density at radius 1 is 1.39 bits per heavy atom. The summed E-state index contributed by atoms with van der Waals surface area (Å²) < 4.78 is 6.07. The Kier molecular flexibility index (Phi) is 2.81. The Bertz CT molecular complexity index is 450. The van der Waals surface area contributed by atoms with Crippen molar-refractivity contribution < 1.29 is 9.84 Å². The summed E-state index contributed by atoms with van der Waals surface area (Å²) in [4.78, 5) is 4.46. The van der Waals surface area contributed by atoms with Crippen LogP contribution < -0.4 is 4.74 Å². The molecule has 98 valence electrons. The first-order chi connectivity index (χ1) is 8.61. The van der Waals surface area contributed by atoms with Crippen molar-refractivity contribution in [2.45, 2.75) is 63.6 Å². The van der Waals surface area contributed by atoms with Gasteiger partial charge in [-0.15, -0.1) is 0 Å². The number of hydrogen-bond acceptors (Lipinski definition) is 3. The van der Waals surface area contributed by atoms with Gasteiger partial charge in [0.25, 0.3) is 0 Å². The molecule has 1 aliphatic heterocycles. The number of hydrogen-bond donors (Lipinski definition) is 1. The molecule has 3 rings (SSSR count). The molecule has 0 amide bonds. The van der Waals surface area contributed by atoms with Crippen LogP contribution in [0.1, 0.15) is 56.6 Å². The largest absolute Gasteiger partial charge is 0.468 e. The van der Waals surface area contributed by atoms with Gasteiger partial charge in [-0.1, -0.05) is 13.8 Å². The first-order valence-electron chi connectivity index (χ1n) is 6.97. The van der Waals surface area contributed by atoms with Crippen molar-refractivity contribution in [1.82, 2.24) is 4.98 Å². The summed E-state index contributed by atoms with van der Waals surface area (Å²) in [7, 11) is 0. The Morgan fingerprint density at radius 3 is 2.78 bits per heavy atom. The van der Waals surface area contributed by atoms with Crippen molar-refractivity contribution in [3.8, 4) is 5.88 Å². The molecule has 3 nitrogen and oxygen atoms in total. The predicted octanol–water partition coefficient (Wildman–Crippen LogP) is 2.81. The molecule has 2 aliphatic rings. The van der Waals surface area contributed by atoms with E-state index in [2.05, 4.69) is 24.9 Å². The highest BCUT2D eigenvalue weighted by Gasteiger charge is 2.46. The number of fused-ring (bicyclic) bond motifs is 1. The lowest BCUT2D eigenvalue weighted by Crippen LogP contribution is -2.49. The highest BCUT2D eigenvalue weighted by atomic mass is 16.5. The van der Waals surface area contributed by atoms with E-state index in [1.54, 1.807) is 0 Å². The van der Waals surface area contributed by atoms with Gasteiger partial charge in [0, 0.05) is 18.2 Å². The molecule has 1 fully saturated rings. The molecule has 0 saturated heterocycles. The van der Waals surface area contributed by atoms with Gasteiger partial charge in [0.1, 0.15) is 5.60 Å². The fourth-order valence-corrected chi connectivity index (χ4v) is 3.13. The highest BCUT2D eigenvalue weighted by Crippen LogP contribution is 2.42. The zero-order chi connectivity index (χ0) is 12.8. The SMILES string of the molecule is CC(C)c1cnc2c(c1)C[C@H](O)C1(CCCC1)O2. The molecule has 1 aliphatic carbocycles. The minimum atomic E-state index is -0.378. The van der Waals surface area contributed by atoms with Gasteiger partial charge in [-0.3, -0.25) is 0 Å². The van der Waals surface area contributed by atoms with Crippen LogP contribution in [0.2, 0.25) is 0 Å². The van der Waals surface area contributed by atoms with Crippen LogP contribution in [0, 0.1) is 0 Å². The maximum Gasteiger partial charge on any atom is 0.217 e. The summed E-state index contributed by atoms with van der Waals surface area (Å²) in [5.41, 5.74) is 1.93. The Morgan fingerprint density at radius 2 is 2.11 bits per heavy atom. The minimum Gasteiger partial charge on any atom is -0.468 e. The van der Waals surface area contributed by atoms with Crippen molar-refractivity contribution in [1.29, 1.82) is 0 Å². The monoisotopic (exact) mass is 247 g/mol. The van der Waals surface area contributed by atoms with Crippen LogP contribution in [-0.4, -0.2) is 21.8 Å².